The molecule has 2 aromatic carbocycles. The lowest BCUT2D eigenvalue weighted by Crippen LogP contribution is -2.30. The van der Waals surface area contributed by atoms with Gasteiger partial charge in [-0.3, -0.25) is 4.79 Å². The zero-order valence-electron chi connectivity index (χ0n) is 15.7. The molecular formula is C21H27NO4. The minimum atomic E-state index is -0.142. The first-order valence-corrected chi connectivity index (χ1v) is 8.86. The van der Waals surface area contributed by atoms with Gasteiger partial charge in [0.2, 0.25) is 0 Å². The van der Waals surface area contributed by atoms with Gasteiger partial charge in [-0.2, -0.15) is 0 Å². The number of carbonyl (C=O) groups is 1. The van der Waals surface area contributed by atoms with E-state index in [-0.39, 0.29) is 18.6 Å². The lowest BCUT2D eigenvalue weighted by atomic mass is 10.1. The monoisotopic (exact) mass is 357 g/mol. The van der Waals surface area contributed by atoms with Crippen molar-refractivity contribution >= 4 is 5.91 Å². The van der Waals surface area contributed by atoms with Crippen LogP contribution in [0.1, 0.15) is 25.8 Å². The molecule has 0 atom stereocenters. The molecule has 5 nitrogen and oxygen atoms in total. The molecule has 0 spiro atoms. The van der Waals surface area contributed by atoms with Crippen molar-refractivity contribution in [2.24, 2.45) is 0 Å². The van der Waals surface area contributed by atoms with Crippen LogP contribution in [0.2, 0.25) is 0 Å². The summed E-state index contributed by atoms with van der Waals surface area (Å²) < 4.78 is 16.3. The summed E-state index contributed by atoms with van der Waals surface area (Å²) in [5.74, 6) is 1.92. The largest absolute Gasteiger partial charge is 0.493 e. The molecule has 0 aromatic heterocycles. The van der Waals surface area contributed by atoms with Gasteiger partial charge in [0.25, 0.3) is 5.91 Å². The standard InChI is InChI=1S/C21H27NO4/c1-16(2)26-18-12-10-17(11-13-18)7-6-14-22-21(23)15-25-20-9-5-4-8-19(20)24-3/h4-5,8-13,16H,6-7,14-15H2,1-3H3,(H,22,23). The van der Waals surface area contributed by atoms with Crippen molar-refractivity contribution in [3.63, 3.8) is 0 Å². The van der Waals surface area contributed by atoms with Crippen molar-refractivity contribution < 1.29 is 19.0 Å². The van der Waals surface area contributed by atoms with E-state index in [1.165, 1.54) is 5.56 Å². The van der Waals surface area contributed by atoms with Crippen LogP contribution in [0.4, 0.5) is 0 Å². The minimum Gasteiger partial charge on any atom is -0.493 e. The molecule has 0 saturated carbocycles. The van der Waals surface area contributed by atoms with Crippen molar-refractivity contribution in [3.8, 4) is 17.2 Å². The van der Waals surface area contributed by atoms with Crippen LogP contribution < -0.4 is 19.5 Å². The number of methoxy groups -OCH3 is 1. The molecule has 0 radical (unpaired) electrons. The fourth-order valence-electron chi connectivity index (χ4n) is 2.46. The molecule has 26 heavy (non-hydrogen) atoms. The highest BCUT2D eigenvalue weighted by molar-refractivity contribution is 5.77. The Hall–Kier alpha value is -2.69. The highest BCUT2D eigenvalue weighted by Crippen LogP contribution is 2.25. The number of para-hydroxylation sites is 2. The van der Waals surface area contributed by atoms with Gasteiger partial charge in [-0.1, -0.05) is 24.3 Å². The Bertz CT molecular complexity index is 683. The number of benzene rings is 2. The topological polar surface area (TPSA) is 56.8 Å². The first-order valence-electron chi connectivity index (χ1n) is 8.86. The highest BCUT2D eigenvalue weighted by Gasteiger charge is 2.06. The molecule has 0 aliphatic carbocycles. The van der Waals surface area contributed by atoms with Gasteiger partial charge in [-0.05, 0) is 56.5 Å². The van der Waals surface area contributed by atoms with Crippen molar-refractivity contribution in [2.75, 3.05) is 20.3 Å². The number of amides is 1. The molecule has 0 aliphatic heterocycles. The maximum atomic E-state index is 11.9. The van der Waals surface area contributed by atoms with Crippen LogP contribution in [0.5, 0.6) is 17.2 Å². The summed E-state index contributed by atoms with van der Waals surface area (Å²) in [4.78, 5) is 11.9. The fourth-order valence-corrected chi connectivity index (χ4v) is 2.46. The SMILES string of the molecule is COc1ccccc1OCC(=O)NCCCc1ccc(OC(C)C)cc1. The number of hydrogen-bond acceptors (Lipinski definition) is 4. The van der Waals surface area contributed by atoms with Gasteiger partial charge >= 0.3 is 0 Å². The number of carbonyl (C=O) groups excluding carboxylic acids is 1. The Kier molecular flexibility index (Phi) is 7.80. The fraction of sp³-hybridized carbons (Fsp3) is 0.381. The molecule has 0 heterocycles. The number of aryl methyl sites for hydroxylation is 1. The van der Waals surface area contributed by atoms with E-state index < -0.39 is 0 Å². The van der Waals surface area contributed by atoms with Crippen LogP contribution in [-0.2, 0) is 11.2 Å². The summed E-state index contributed by atoms with van der Waals surface area (Å²) >= 11 is 0. The lowest BCUT2D eigenvalue weighted by molar-refractivity contribution is -0.123. The van der Waals surface area contributed by atoms with Gasteiger partial charge in [-0.15, -0.1) is 0 Å². The third kappa shape index (κ3) is 6.67. The van der Waals surface area contributed by atoms with Crippen molar-refractivity contribution in [3.05, 3.63) is 54.1 Å². The molecule has 2 rings (SSSR count). The van der Waals surface area contributed by atoms with E-state index >= 15 is 0 Å². The average molecular weight is 357 g/mol. The number of nitrogens with one attached hydrogen (secondary N) is 1. The van der Waals surface area contributed by atoms with Crippen LogP contribution in [0.15, 0.2) is 48.5 Å². The van der Waals surface area contributed by atoms with Gasteiger partial charge in [0.1, 0.15) is 5.75 Å². The van der Waals surface area contributed by atoms with Crippen molar-refractivity contribution in [1.82, 2.24) is 5.32 Å². The number of rotatable bonds is 10. The van der Waals surface area contributed by atoms with Crippen LogP contribution in [0, 0.1) is 0 Å². The third-order valence-electron chi connectivity index (χ3n) is 3.69. The summed E-state index contributed by atoms with van der Waals surface area (Å²) in [6.07, 6.45) is 1.94. The van der Waals surface area contributed by atoms with Crippen LogP contribution in [-0.4, -0.2) is 32.3 Å². The zero-order valence-corrected chi connectivity index (χ0v) is 15.7. The van der Waals surface area contributed by atoms with E-state index in [0.29, 0.717) is 18.0 Å². The quantitative estimate of drug-likeness (QED) is 0.660. The molecule has 0 bridgehead atoms. The summed E-state index contributed by atoms with van der Waals surface area (Å²) in [6.45, 7) is 4.60. The first kappa shape index (κ1) is 19.6. The summed E-state index contributed by atoms with van der Waals surface area (Å²) in [7, 11) is 1.57. The lowest BCUT2D eigenvalue weighted by Gasteiger charge is -2.11. The normalized spacial score (nSPS) is 10.5. The van der Waals surface area contributed by atoms with E-state index in [4.69, 9.17) is 14.2 Å². The molecule has 5 heteroatoms. The second-order valence-electron chi connectivity index (χ2n) is 6.20. The van der Waals surface area contributed by atoms with Crippen LogP contribution in [0.25, 0.3) is 0 Å². The molecule has 1 amide bonds. The van der Waals surface area contributed by atoms with E-state index in [0.717, 1.165) is 18.6 Å². The maximum Gasteiger partial charge on any atom is 0.257 e. The molecule has 0 aliphatic rings. The predicted molar refractivity (Wildman–Crippen MR) is 102 cm³/mol. The molecular weight excluding hydrogens is 330 g/mol. The van der Waals surface area contributed by atoms with Gasteiger partial charge < -0.3 is 19.5 Å². The van der Waals surface area contributed by atoms with E-state index in [1.54, 1.807) is 19.2 Å². The maximum absolute atomic E-state index is 11.9. The molecule has 140 valence electrons. The van der Waals surface area contributed by atoms with Crippen LogP contribution in [0.3, 0.4) is 0 Å². The summed E-state index contributed by atoms with van der Waals surface area (Å²) in [5.41, 5.74) is 1.22. The van der Waals surface area contributed by atoms with Gasteiger partial charge in [0.15, 0.2) is 18.1 Å². The van der Waals surface area contributed by atoms with Gasteiger partial charge in [-0.25, -0.2) is 0 Å². The highest BCUT2D eigenvalue weighted by atomic mass is 16.5. The molecule has 0 fully saturated rings. The molecule has 1 N–H and O–H groups in total. The van der Waals surface area contributed by atoms with Gasteiger partial charge in [0, 0.05) is 6.54 Å². The van der Waals surface area contributed by atoms with E-state index in [2.05, 4.69) is 17.4 Å². The predicted octanol–water partition coefficient (Wildman–Crippen LogP) is 3.61. The van der Waals surface area contributed by atoms with Gasteiger partial charge in [0.05, 0.1) is 13.2 Å². The number of ether oxygens (including phenoxy) is 3. The molecule has 0 saturated heterocycles. The second kappa shape index (κ2) is 10.3. The van der Waals surface area contributed by atoms with Crippen LogP contribution >= 0.6 is 0 Å². The summed E-state index contributed by atoms with van der Waals surface area (Å²) in [6, 6.07) is 15.3. The second-order valence-corrected chi connectivity index (χ2v) is 6.20. The van der Waals surface area contributed by atoms with E-state index in [1.807, 2.05) is 38.1 Å². The van der Waals surface area contributed by atoms with E-state index in [9.17, 15) is 4.79 Å². The van der Waals surface area contributed by atoms with Crippen molar-refractivity contribution in [2.45, 2.75) is 32.8 Å². The summed E-state index contributed by atoms with van der Waals surface area (Å²) in [5, 5.41) is 2.87. The Labute approximate surface area is 155 Å². The smallest absolute Gasteiger partial charge is 0.257 e. The Morgan fingerprint density at radius 2 is 1.73 bits per heavy atom. The Balaban J connectivity index is 1.65. The number of hydrogen-bond donors (Lipinski definition) is 1. The first-order chi connectivity index (χ1) is 12.6. The molecule has 0 unspecified atom stereocenters. The average Bonchev–Trinajstić information content (AvgIpc) is 2.64. The Morgan fingerprint density at radius 3 is 2.38 bits per heavy atom. The minimum absolute atomic E-state index is 0.0262. The zero-order chi connectivity index (χ0) is 18.8. The van der Waals surface area contributed by atoms with Crippen molar-refractivity contribution in [1.29, 1.82) is 0 Å². The molecule has 2 aromatic rings. The third-order valence-corrected chi connectivity index (χ3v) is 3.69. The Morgan fingerprint density at radius 1 is 1.04 bits per heavy atom.